The highest BCUT2D eigenvalue weighted by atomic mass is 16.6. The topological polar surface area (TPSA) is 26.3 Å². The van der Waals surface area contributed by atoms with Crippen LogP contribution in [0.4, 0.5) is 0 Å². The molecule has 4 fully saturated rings. The Bertz CT molecular complexity index is 281. The first-order valence-electron chi connectivity index (χ1n) is 6.27. The molecule has 84 valence electrons. The van der Waals surface area contributed by atoms with Gasteiger partial charge < -0.3 is 4.74 Å². The van der Waals surface area contributed by atoms with Crippen LogP contribution in [0.2, 0.25) is 0 Å². The van der Waals surface area contributed by atoms with Gasteiger partial charge in [-0.05, 0) is 55.8 Å². The molecule has 4 rings (SSSR count). The normalized spacial score (nSPS) is 51.9. The summed E-state index contributed by atoms with van der Waals surface area (Å²) in [7, 11) is 0. The maximum absolute atomic E-state index is 11.2. The maximum atomic E-state index is 11.2. The smallest absolute Gasteiger partial charge is 0.303 e. The zero-order valence-corrected chi connectivity index (χ0v) is 9.66. The molecule has 0 aliphatic heterocycles. The van der Waals surface area contributed by atoms with Crippen molar-refractivity contribution >= 4 is 5.97 Å². The molecule has 0 radical (unpaired) electrons. The minimum absolute atomic E-state index is 0.0468. The highest BCUT2D eigenvalue weighted by molar-refractivity contribution is 5.66. The van der Waals surface area contributed by atoms with Gasteiger partial charge in [0.2, 0.25) is 0 Å². The second kappa shape index (κ2) is 2.99. The third kappa shape index (κ3) is 1.41. The van der Waals surface area contributed by atoms with Gasteiger partial charge in [-0.3, -0.25) is 4.79 Å². The van der Waals surface area contributed by atoms with Crippen LogP contribution in [-0.2, 0) is 9.53 Å². The van der Waals surface area contributed by atoms with E-state index in [0.29, 0.717) is 0 Å². The minimum atomic E-state index is -0.0791. The van der Waals surface area contributed by atoms with Gasteiger partial charge in [0.1, 0.15) is 5.60 Å². The number of carbonyl (C=O) groups excluding carboxylic acids is 1. The van der Waals surface area contributed by atoms with Crippen LogP contribution in [0, 0.1) is 23.7 Å². The Balaban J connectivity index is 1.85. The Morgan fingerprint density at radius 1 is 1.20 bits per heavy atom. The summed E-state index contributed by atoms with van der Waals surface area (Å²) in [5.41, 5.74) is -0.0468. The summed E-state index contributed by atoms with van der Waals surface area (Å²) in [6.45, 7) is 3.95. The Labute approximate surface area is 91.4 Å². The van der Waals surface area contributed by atoms with Gasteiger partial charge in [0.15, 0.2) is 0 Å². The summed E-state index contributed by atoms with van der Waals surface area (Å²) < 4.78 is 5.66. The van der Waals surface area contributed by atoms with Gasteiger partial charge in [-0.25, -0.2) is 0 Å². The van der Waals surface area contributed by atoms with Crippen molar-refractivity contribution in [3.8, 4) is 0 Å². The number of hydrogen-bond donors (Lipinski definition) is 0. The molecule has 15 heavy (non-hydrogen) atoms. The molecule has 0 heterocycles. The molecule has 2 unspecified atom stereocenters. The Hall–Kier alpha value is -0.530. The highest BCUT2D eigenvalue weighted by Gasteiger charge is 2.55. The van der Waals surface area contributed by atoms with E-state index in [1.165, 1.54) is 12.8 Å². The summed E-state index contributed by atoms with van der Waals surface area (Å²) in [6, 6.07) is 0. The van der Waals surface area contributed by atoms with Gasteiger partial charge in [0.05, 0.1) is 0 Å². The molecule has 0 aromatic carbocycles. The second-order valence-corrected chi connectivity index (χ2v) is 6.11. The lowest BCUT2D eigenvalue weighted by atomic mass is 9.50. The summed E-state index contributed by atoms with van der Waals surface area (Å²) >= 11 is 0. The van der Waals surface area contributed by atoms with Crippen LogP contribution in [0.1, 0.15) is 46.0 Å². The molecular weight excluding hydrogens is 188 g/mol. The van der Waals surface area contributed by atoms with E-state index in [2.05, 4.69) is 6.92 Å². The summed E-state index contributed by atoms with van der Waals surface area (Å²) in [4.78, 5) is 11.2. The van der Waals surface area contributed by atoms with Crippen LogP contribution in [-0.4, -0.2) is 11.6 Å². The fourth-order valence-electron chi connectivity index (χ4n) is 4.63. The highest BCUT2D eigenvalue weighted by Crippen LogP contribution is 2.59. The first-order chi connectivity index (χ1) is 7.08. The molecule has 2 nitrogen and oxygen atoms in total. The van der Waals surface area contributed by atoms with E-state index in [9.17, 15) is 4.79 Å². The Morgan fingerprint density at radius 2 is 1.80 bits per heavy atom. The van der Waals surface area contributed by atoms with Crippen molar-refractivity contribution in [2.75, 3.05) is 0 Å². The van der Waals surface area contributed by atoms with Gasteiger partial charge in [-0.2, -0.15) is 0 Å². The Morgan fingerprint density at radius 3 is 2.33 bits per heavy atom. The van der Waals surface area contributed by atoms with Crippen LogP contribution in [0.5, 0.6) is 0 Å². The van der Waals surface area contributed by atoms with Crippen molar-refractivity contribution in [3.05, 3.63) is 0 Å². The molecule has 0 amide bonds. The molecular formula is C13H20O2. The number of carbonyl (C=O) groups is 1. The summed E-state index contributed by atoms with van der Waals surface area (Å²) in [5, 5.41) is 0. The van der Waals surface area contributed by atoms with Crippen LogP contribution in [0.15, 0.2) is 0 Å². The molecule has 0 saturated heterocycles. The summed E-state index contributed by atoms with van der Waals surface area (Å²) in [6.07, 6.45) is 6.20. The first-order valence-corrected chi connectivity index (χ1v) is 6.27. The number of rotatable bonds is 1. The van der Waals surface area contributed by atoms with E-state index in [1.54, 1.807) is 6.92 Å². The van der Waals surface area contributed by atoms with Gasteiger partial charge >= 0.3 is 5.97 Å². The molecule has 4 saturated carbocycles. The van der Waals surface area contributed by atoms with E-state index in [-0.39, 0.29) is 11.6 Å². The summed E-state index contributed by atoms with van der Waals surface area (Å²) in [5.74, 6) is 3.29. The Kier molecular flexibility index (Phi) is 1.93. The predicted octanol–water partition coefficient (Wildman–Crippen LogP) is 2.76. The fourth-order valence-corrected chi connectivity index (χ4v) is 4.63. The maximum Gasteiger partial charge on any atom is 0.303 e. The van der Waals surface area contributed by atoms with E-state index in [4.69, 9.17) is 4.74 Å². The molecule has 0 aromatic rings. The minimum Gasteiger partial charge on any atom is -0.459 e. The van der Waals surface area contributed by atoms with Crippen LogP contribution >= 0.6 is 0 Å². The first kappa shape index (κ1) is 9.68. The lowest BCUT2D eigenvalue weighted by molar-refractivity contribution is -0.192. The molecule has 0 aromatic heterocycles. The number of ether oxygens (including phenoxy) is 1. The average molecular weight is 208 g/mol. The number of esters is 1. The zero-order chi connectivity index (χ0) is 10.6. The third-order valence-corrected chi connectivity index (χ3v) is 5.05. The largest absolute Gasteiger partial charge is 0.459 e. The monoisotopic (exact) mass is 208 g/mol. The zero-order valence-electron chi connectivity index (χ0n) is 9.66. The lowest BCUT2D eigenvalue weighted by Gasteiger charge is -2.58. The van der Waals surface area contributed by atoms with Crippen molar-refractivity contribution in [1.82, 2.24) is 0 Å². The molecule has 2 atom stereocenters. The molecule has 4 aliphatic carbocycles. The van der Waals surface area contributed by atoms with E-state index in [1.807, 2.05) is 0 Å². The third-order valence-electron chi connectivity index (χ3n) is 5.05. The van der Waals surface area contributed by atoms with Crippen LogP contribution < -0.4 is 0 Å². The fraction of sp³-hybridized carbons (Fsp3) is 0.923. The quantitative estimate of drug-likeness (QED) is 0.619. The predicted molar refractivity (Wildman–Crippen MR) is 57.2 cm³/mol. The van der Waals surface area contributed by atoms with E-state index >= 15 is 0 Å². The van der Waals surface area contributed by atoms with Gasteiger partial charge in [-0.1, -0.05) is 6.92 Å². The van der Waals surface area contributed by atoms with Crippen molar-refractivity contribution in [3.63, 3.8) is 0 Å². The van der Waals surface area contributed by atoms with Gasteiger partial charge in [-0.15, -0.1) is 0 Å². The van der Waals surface area contributed by atoms with Gasteiger partial charge in [0.25, 0.3) is 0 Å². The van der Waals surface area contributed by atoms with Crippen molar-refractivity contribution in [1.29, 1.82) is 0 Å². The second-order valence-electron chi connectivity index (χ2n) is 6.11. The van der Waals surface area contributed by atoms with Crippen molar-refractivity contribution in [2.24, 2.45) is 23.7 Å². The standard InChI is InChI=1S/C13H20O2/c1-8-11-3-10-4-12(8)7-13(5-10,6-11)15-9(2)14/h8,10-12H,3-7H2,1-2H3. The van der Waals surface area contributed by atoms with E-state index < -0.39 is 0 Å². The lowest BCUT2D eigenvalue weighted by Crippen LogP contribution is -2.55. The SMILES string of the molecule is CC(=O)OC12CC3CC(C1)C(C)C(C3)C2. The molecule has 0 N–H and O–H groups in total. The van der Waals surface area contributed by atoms with Crippen molar-refractivity contribution in [2.45, 2.75) is 51.6 Å². The molecule has 4 aliphatic rings. The molecule has 2 heteroatoms. The van der Waals surface area contributed by atoms with Crippen molar-refractivity contribution < 1.29 is 9.53 Å². The number of hydrogen-bond acceptors (Lipinski definition) is 2. The van der Waals surface area contributed by atoms with Crippen LogP contribution in [0.25, 0.3) is 0 Å². The molecule has 4 bridgehead atoms. The van der Waals surface area contributed by atoms with Gasteiger partial charge in [0, 0.05) is 6.92 Å². The molecule has 0 spiro atoms. The van der Waals surface area contributed by atoms with E-state index in [0.717, 1.165) is 42.9 Å². The van der Waals surface area contributed by atoms with Crippen LogP contribution in [0.3, 0.4) is 0 Å². The average Bonchev–Trinajstić information content (AvgIpc) is 2.10.